The molecule has 2 aromatic carbocycles. The van der Waals surface area contributed by atoms with Gasteiger partial charge < -0.3 is 24.8 Å². The molecule has 2 aromatic rings. The van der Waals surface area contributed by atoms with E-state index in [1.807, 2.05) is 0 Å². The van der Waals surface area contributed by atoms with Crippen molar-refractivity contribution in [2.75, 3.05) is 24.9 Å². The number of carbonyl (C=O) groups is 2. The quantitative estimate of drug-likeness (QED) is 0.892. The summed E-state index contributed by atoms with van der Waals surface area (Å²) in [6.07, 6.45) is -0.590. The van der Waals surface area contributed by atoms with Gasteiger partial charge in [0.05, 0.1) is 19.9 Å². The predicted molar refractivity (Wildman–Crippen MR) is 92.7 cm³/mol. The highest BCUT2D eigenvalue weighted by Crippen LogP contribution is 2.37. The molecular formula is C18H18N2O5. The van der Waals surface area contributed by atoms with Gasteiger partial charge in [0.2, 0.25) is 0 Å². The Morgan fingerprint density at radius 1 is 1.12 bits per heavy atom. The zero-order valence-electron chi connectivity index (χ0n) is 14.1. The van der Waals surface area contributed by atoms with Crippen molar-refractivity contribution in [3.05, 3.63) is 42.0 Å². The van der Waals surface area contributed by atoms with Crippen molar-refractivity contribution >= 4 is 23.2 Å². The van der Waals surface area contributed by atoms with Gasteiger partial charge in [-0.05, 0) is 31.2 Å². The van der Waals surface area contributed by atoms with Crippen molar-refractivity contribution in [3.8, 4) is 17.2 Å². The SMILES string of the molecule is COc1cccc(OC)c1C(=O)Nc1cccc2c1NC(=O)C(C)O2. The smallest absolute Gasteiger partial charge is 0.265 e. The highest BCUT2D eigenvalue weighted by molar-refractivity contribution is 6.11. The van der Waals surface area contributed by atoms with Gasteiger partial charge in [0.25, 0.3) is 11.8 Å². The van der Waals surface area contributed by atoms with Crippen LogP contribution in [-0.4, -0.2) is 32.1 Å². The van der Waals surface area contributed by atoms with Gasteiger partial charge in [-0.2, -0.15) is 0 Å². The Labute approximate surface area is 144 Å². The number of rotatable bonds is 4. The molecule has 2 N–H and O–H groups in total. The van der Waals surface area contributed by atoms with Gasteiger partial charge in [0.1, 0.15) is 28.5 Å². The number of ether oxygens (including phenoxy) is 3. The van der Waals surface area contributed by atoms with Crippen LogP contribution in [0.5, 0.6) is 17.2 Å². The van der Waals surface area contributed by atoms with Crippen LogP contribution in [0.3, 0.4) is 0 Å². The normalized spacial score (nSPS) is 15.5. The van der Waals surface area contributed by atoms with Gasteiger partial charge in [0.15, 0.2) is 6.10 Å². The van der Waals surface area contributed by atoms with Crippen LogP contribution in [-0.2, 0) is 4.79 Å². The molecule has 1 atom stereocenters. The second-order valence-corrected chi connectivity index (χ2v) is 5.42. The lowest BCUT2D eigenvalue weighted by atomic mass is 10.1. The molecule has 1 heterocycles. The fraction of sp³-hybridized carbons (Fsp3) is 0.222. The monoisotopic (exact) mass is 342 g/mol. The topological polar surface area (TPSA) is 85.9 Å². The molecule has 0 fully saturated rings. The second kappa shape index (κ2) is 6.72. The molecule has 1 unspecified atom stereocenters. The Balaban J connectivity index is 1.96. The largest absolute Gasteiger partial charge is 0.496 e. The minimum Gasteiger partial charge on any atom is -0.496 e. The summed E-state index contributed by atoms with van der Waals surface area (Å²) in [6.45, 7) is 1.66. The maximum Gasteiger partial charge on any atom is 0.265 e. The van der Waals surface area contributed by atoms with Crippen LogP contribution in [0.4, 0.5) is 11.4 Å². The first-order chi connectivity index (χ1) is 12.0. The van der Waals surface area contributed by atoms with Crippen molar-refractivity contribution in [3.63, 3.8) is 0 Å². The zero-order chi connectivity index (χ0) is 18.0. The van der Waals surface area contributed by atoms with E-state index in [1.54, 1.807) is 43.3 Å². The molecule has 7 heteroatoms. The third-order valence-electron chi connectivity index (χ3n) is 3.85. The summed E-state index contributed by atoms with van der Waals surface area (Å²) in [5.41, 5.74) is 1.12. The van der Waals surface area contributed by atoms with Crippen LogP contribution in [0, 0.1) is 0 Å². The van der Waals surface area contributed by atoms with Gasteiger partial charge >= 0.3 is 0 Å². The molecule has 0 aromatic heterocycles. The van der Waals surface area contributed by atoms with E-state index in [0.29, 0.717) is 28.6 Å². The third kappa shape index (κ3) is 3.08. The van der Waals surface area contributed by atoms with Crippen LogP contribution < -0.4 is 24.8 Å². The molecule has 3 rings (SSSR count). The van der Waals surface area contributed by atoms with Crippen LogP contribution in [0.2, 0.25) is 0 Å². The summed E-state index contributed by atoms with van der Waals surface area (Å²) >= 11 is 0. The molecule has 0 bridgehead atoms. The number of amides is 2. The van der Waals surface area contributed by atoms with Gasteiger partial charge in [0, 0.05) is 0 Å². The zero-order valence-corrected chi connectivity index (χ0v) is 14.1. The Bertz CT molecular complexity index is 812. The Hall–Kier alpha value is -3.22. The fourth-order valence-electron chi connectivity index (χ4n) is 2.59. The summed E-state index contributed by atoms with van der Waals surface area (Å²) in [5, 5.41) is 5.53. The molecule has 0 radical (unpaired) electrons. The summed E-state index contributed by atoms with van der Waals surface area (Å²) < 4.78 is 16.1. The highest BCUT2D eigenvalue weighted by atomic mass is 16.5. The van der Waals surface area contributed by atoms with Gasteiger partial charge in [-0.25, -0.2) is 0 Å². The molecule has 7 nitrogen and oxygen atoms in total. The molecule has 130 valence electrons. The molecular weight excluding hydrogens is 324 g/mol. The molecule has 1 aliphatic heterocycles. The van der Waals surface area contributed by atoms with E-state index >= 15 is 0 Å². The van der Waals surface area contributed by atoms with E-state index < -0.39 is 12.0 Å². The fourth-order valence-corrected chi connectivity index (χ4v) is 2.59. The number of carbonyl (C=O) groups excluding carboxylic acids is 2. The number of fused-ring (bicyclic) bond motifs is 1. The summed E-state index contributed by atoms with van der Waals surface area (Å²) in [6, 6.07) is 10.2. The van der Waals surface area contributed by atoms with Gasteiger partial charge in [-0.15, -0.1) is 0 Å². The maximum atomic E-state index is 12.8. The number of hydrogen-bond donors (Lipinski definition) is 2. The first kappa shape index (κ1) is 16.6. The van der Waals surface area contributed by atoms with Crippen LogP contribution in [0.25, 0.3) is 0 Å². The van der Waals surface area contributed by atoms with Crippen LogP contribution >= 0.6 is 0 Å². The minimum atomic E-state index is -0.590. The molecule has 0 saturated heterocycles. The number of hydrogen-bond acceptors (Lipinski definition) is 5. The van der Waals surface area contributed by atoms with Crippen molar-refractivity contribution in [1.29, 1.82) is 0 Å². The van der Waals surface area contributed by atoms with Gasteiger partial charge in [-0.3, -0.25) is 9.59 Å². The van der Waals surface area contributed by atoms with Crippen molar-refractivity contribution in [2.24, 2.45) is 0 Å². The number of anilines is 2. The minimum absolute atomic E-state index is 0.265. The van der Waals surface area contributed by atoms with Gasteiger partial charge in [-0.1, -0.05) is 12.1 Å². The summed E-state index contributed by atoms with van der Waals surface area (Å²) in [4.78, 5) is 24.7. The highest BCUT2D eigenvalue weighted by Gasteiger charge is 2.27. The lowest BCUT2D eigenvalue weighted by Crippen LogP contribution is -2.34. The van der Waals surface area contributed by atoms with Crippen molar-refractivity contribution < 1.29 is 23.8 Å². The summed E-state index contributed by atoms with van der Waals surface area (Å²) in [5.74, 6) is 0.572. The van der Waals surface area contributed by atoms with Crippen molar-refractivity contribution in [1.82, 2.24) is 0 Å². The number of benzene rings is 2. The molecule has 0 saturated carbocycles. The van der Waals surface area contributed by atoms with E-state index in [1.165, 1.54) is 14.2 Å². The Morgan fingerprint density at radius 3 is 2.40 bits per heavy atom. The average Bonchev–Trinajstić information content (AvgIpc) is 2.62. The van der Waals surface area contributed by atoms with E-state index in [0.717, 1.165) is 0 Å². The van der Waals surface area contributed by atoms with Crippen molar-refractivity contribution in [2.45, 2.75) is 13.0 Å². The predicted octanol–water partition coefficient (Wildman–Crippen LogP) is 2.68. The first-order valence-corrected chi connectivity index (χ1v) is 7.68. The molecule has 25 heavy (non-hydrogen) atoms. The molecule has 0 aliphatic carbocycles. The number of methoxy groups -OCH3 is 2. The molecule has 2 amide bonds. The third-order valence-corrected chi connectivity index (χ3v) is 3.85. The standard InChI is InChI=1S/C18H18N2O5/c1-10-17(21)20-16-11(6-4-9-14(16)25-10)19-18(22)15-12(23-2)7-5-8-13(15)24-3/h4-10H,1-3H3,(H,19,22)(H,20,21). The number of para-hydroxylation sites is 1. The Morgan fingerprint density at radius 2 is 1.76 bits per heavy atom. The van der Waals surface area contributed by atoms with E-state index in [4.69, 9.17) is 14.2 Å². The lowest BCUT2D eigenvalue weighted by Gasteiger charge is -2.25. The maximum absolute atomic E-state index is 12.8. The van der Waals surface area contributed by atoms with E-state index in [-0.39, 0.29) is 11.5 Å². The average molecular weight is 342 g/mol. The summed E-state index contributed by atoms with van der Waals surface area (Å²) in [7, 11) is 2.96. The van der Waals surface area contributed by atoms with Crippen LogP contribution in [0.15, 0.2) is 36.4 Å². The lowest BCUT2D eigenvalue weighted by molar-refractivity contribution is -0.122. The molecule has 0 spiro atoms. The van der Waals surface area contributed by atoms with Crippen LogP contribution in [0.1, 0.15) is 17.3 Å². The second-order valence-electron chi connectivity index (χ2n) is 5.42. The first-order valence-electron chi connectivity index (χ1n) is 7.68. The Kier molecular flexibility index (Phi) is 4.47. The van der Waals surface area contributed by atoms with E-state index in [2.05, 4.69) is 10.6 Å². The van der Waals surface area contributed by atoms with E-state index in [9.17, 15) is 9.59 Å². The number of nitrogens with one attached hydrogen (secondary N) is 2. The molecule has 1 aliphatic rings.